The van der Waals surface area contributed by atoms with Crippen molar-refractivity contribution in [3.05, 3.63) is 16.1 Å². The normalized spacial score (nSPS) is 16.9. The van der Waals surface area contributed by atoms with Crippen LogP contribution in [-0.4, -0.2) is 46.9 Å². The standard InChI is InChI=1S/C17H29N3OS/c1-4-7-16-18-15(13-22-16)12-19-10-8-14(9-11-19)17(21)20(5-2)6-3/h13-14H,4-12H2,1-3H3. The second-order valence-electron chi connectivity index (χ2n) is 6.04. The van der Waals surface area contributed by atoms with Crippen LogP contribution in [0.15, 0.2) is 5.38 Å². The summed E-state index contributed by atoms with van der Waals surface area (Å²) >= 11 is 1.78. The molecule has 0 atom stereocenters. The first-order chi connectivity index (χ1) is 10.7. The molecule has 0 spiro atoms. The highest BCUT2D eigenvalue weighted by Gasteiger charge is 2.27. The van der Waals surface area contributed by atoms with Crippen LogP contribution in [0.2, 0.25) is 0 Å². The summed E-state index contributed by atoms with van der Waals surface area (Å²) in [6.45, 7) is 10.9. The third kappa shape index (κ3) is 4.53. The highest BCUT2D eigenvalue weighted by molar-refractivity contribution is 7.09. The number of thiazole rings is 1. The minimum Gasteiger partial charge on any atom is -0.343 e. The Balaban J connectivity index is 1.80. The van der Waals surface area contributed by atoms with E-state index in [1.807, 2.05) is 4.90 Å². The van der Waals surface area contributed by atoms with Crippen molar-refractivity contribution in [2.75, 3.05) is 26.2 Å². The van der Waals surface area contributed by atoms with E-state index in [1.165, 1.54) is 10.7 Å². The first-order valence-electron chi connectivity index (χ1n) is 8.62. The summed E-state index contributed by atoms with van der Waals surface area (Å²) in [6.07, 6.45) is 4.22. The van der Waals surface area contributed by atoms with E-state index in [0.29, 0.717) is 5.91 Å². The second-order valence-corrected chi connectivity index (χ2v) is 6.99. The SMILES string of the molecule is CCCc1nc(CN2CCC(C(=O)N(CC)CC)CC2)cs1. The predicted octanol–water partition coefficient (Wildman–Crippen LogP) is 3.18. The van der Waals surface area contributed by atoms with Gasteiger partial charge in [-0.2, -0.15) is 0 Å². The summed E-state index contributed by atoms with van der Waals surface area (Å²) in [7, 11) is 0. The molecule has 1 aliphatic heterocycles. The molecular weight excluding hydrogens is 294 g/mol. The first kappa shape index (κ1) is 17.4. The maximum absolute atomic E-state index is 12.4. The molecule has 5 heteroatoms. The van der Waals surface area contributed by atoms with Crippen LogP contribution in [0.1, 0.15) is 50.7 Å². The molecule has 2 rings (SSSR count). The van der Waals surface area contributed by atoms with Crippen LogP contribution in [0.3, 0.4) is 0 Å². The topological polar surface area (TPSA) is 36.4 Å². The van der Waals surface area contributed by atoms with Gasteiger partial charge in [-0.25, -0.2) is 4.98 Å². The van der Waals surface area contributed by atoms with Crippen LogP contribution < -0.4 is 0 Å². The maximum Gasteiger partial charge on any atom is 0.225 e. The molecule has 4 nitrogen and oxygen atoms in total. The number of carbonyl (C=O) groups excluding carboxylic acids is 1. The first-order valence-corrected chi connectivity index (χ1v) is 9.50. The predicted molar refractivity (Wildman–Crippen MR) is 92.0 cm³/mol. The van der Waals surface area contributed by atoms with Gasteiger partial charge in [0.1, 0.15) is 0 Å². The van der Waals surface area contributed by atoms with Crippen LogP contribution in [-0.2, 0) is 17.8 Å². The van der Waals surface area contributed by atoms with Crippen molar-refractivity contribution >= 4 is 17.2 Å². The number of amides is 1. The summed E-state index contributed by atoms with van der Waals surface area (Å²) in [5.41, 5.74) is 1.20. The lowest BCUT2D eigenvalue weighted by Gasteiger charge is -2.33. The van der Waals surface area contributed by atoms with E-state index in [1.54, 1.807) is 11.3 Å². The molecule has 1 fully saturated rings. The highest BCUT2D eigenvalue weighted by atomic mass is 32.1. The molecule has 1 aromatic rings. The van der Waals surface area contributed by atoms with E-state index in [9.17, 15) is 4.79 Å². The van der Waals surface area contributed by atoms with E-state index >= 15 is 0 Å². The molecule has 0 bridgehead atoms. The number of piperidine rings is 1. The van der Waals surface area contributed by atoms with Gasteiger partial charge in [-0.05, 0) is 52.6 Å². The lowest BCUT2D eigenvalue weighted by Crippen LogP contribution is -2.42. The summed E-state index contributed by atoms with van der Waals surface area (Å²) in [5, 5.41) is 3.45. The van der Waals surface area contributed by atoms with E-state index in [0.717, 1.165) is 58.4 Å². The lowest BCUT2D eigenvalue weighted by atomic mass is 9.95. The van der Waals surface area contributed by atoms with Gasteiger partial charge < -0.3 is 4.90 Å². The molecule has 22 heavy (non-hydrogen) atoms. The average Bonchev–Trinajstić information content (AvgIpc) is 2.97. The zero-order valence-corrected chi connectivity index (χ0v) is 15.0. The number of hydrogen-bond acceptors (Lipinski definition) is 4. The molecular formula is C17H29N3OS. The molecule has 2 heterocycles. The Morgan fingerprint density at radius 2 is 2.00 bits per heavy atom. The molecule has 0 aliphatic carbocycles. The van der Waals surface area contributed by atoms with Gasteiger partial charge >= 0.3 is 0 Å². The molecule has 124 valence electrons. The molecule has 0 N–H and O–H groups in total. The zero-order valence-electron chi connectivity index (χ0n) is 14.2. The van der Waals surface area contributed by atoms with Gasteiger partial charge in [0, 0.05) is 30.9 Å². The van der Waals surface area contributed by atoms with Crippen LogP contribution in [0.25, 0.3) is 0 Å². The fourth-order valence-electron chi connectivity index (χ4n) is 3.11. The Morgan fingerprint density at radius 1 is 1.32 bits per heavy atom. The van der Waals surface area contributed by atoms with Crippen LogP contribution in [0.5, 0.6) is 0 Å². The van der Waals surface area contributed by atoms with Gasteiger partial charge in [-0.3, -0.25) is 9.69 Å². The zero-order chi connectivity index (χ0) is 15.9. The van der Waals surface area contributed by atoms with Crippen molar-refractivity contribution in [2.45, 2.75) is 53.0 Å². The number of aromatic nitrogens is 1. The van der Waals surface area contributed by atoms with Crippen molar-refractivity contribution < 1.29 is 4.79 Å². The average molecular weight is 324 g/mol. The van der Waals surface area contributed by atoms with E-state index in [-0.39, 0.29) is 5.92 Å². The minimum absolute atomic E-state index is 0.224. The van der Waals surface area contributed by atoms with Crippen LogP contribution in [0, 0.1) is 5.92 Å². The number of rotatable bonds is 7. The lowest BCUT2D eigenvalue weighted by molar-refractivity contribution is -0.136. The minimum atomic E-state index is 0.224. The fourth-order valence-corrected chi connectivity index (χ4v) is 4.00. The van der Waals surface area contributed by atoms with Crippen molar-refractivity contribution in [3.63, 3.8) is 0 Å². The molecule has 0 unspecified atom stereocenters. The van der Waals surface area contributed by atoms with Gasteiger partial charge in [0.05, 0.1) is 10.7 Å². The largest absolute Gasteiger partial charge is 0.343 e. The Hall–Kier alpha value is -0.940. The fraction of sp³-hybridized carbons (Fsp3) is 0.765. The maximum atomic E-state index is 12.4. The Kier molecular flexibility index (Phi) is 6.83. The molecule has 1 aliphatic rings. The molecule has 0 aromatic carbocycles. The molecule has 1 aromatic heterocycles. The summed E-state index contributed by atoms with van der Waals surface area (Å²) < 4.78 is 0. The number of likely N-dealkylation sites (tertiary alicyclic amines) is 1. The van der Waals surface area contributed by atoms with E-state index in [4.69, 9.17) is 4.98 Å². The van der Waals surface area contributed by atoms with Gasteiger partial charge in [0.25, 0.3) is 0 Å². The van der Waals surface area contributed by atoms with Crippen molar-refractivity contribution in [2.24, 2.45) is 5.92 Å². The molecule has 0 radical (unpaired) electrons. The van der Waals surface area contributed by atoms with Gasteiger partial charge in [-0.1, -0.05) is 6.92 Å². The summed E-state index contributed by atoms with van der Waals surface area (Å²) in [6, 6.07) is 0. The van der Waals surface area contributed by atoms with Crippen molar-refractivity contribution in [1.82, 2.24) is 14.8 Å². The number of aryl methyl sites for hydroxylation is 1. The van der Waals surface area contributed by atoms with Gasteiger partial charge in [-0.15, -0.1) is 11.3 Å². The van der Waals surface area contributed by atoms with Gasteiger partial charge in [0.15, 0.2) is 0 Å². The Bertz CT molecular complexity index is 462. The molecule has 1 saturated heterocycles. The van der Waals surface area contributed by atoms with Crippen molar-refractivity contribution in [3.8, 4) is 0 Å². The van der Waals surface area contributed by atoms with E-state index < -0.39 is 0 Å². The smallest absolute Gasteiger partial charge is 0.225 e. The van der Waals surface area contributed by atoms with E-state index in [2.05, 4.69) is 31.1 Å². The monoisotopic (exact) mass is 323 g/mol. The highest BCUT2D eigenvalue weighted by Crippen LogP contribution is 2.22. The van der Waals surface area contributed by atoms with Crippen LogP contribution >= 0.6 is 11.3 Å². The third-order valence-electron chi connectivity index (χ3n) is 4.46. The molecule has 1 amide bonds. The second kappa shape index (κ2) is 8.63. The van der Waals surface area contributed by atoms with Crippen LogP contribution in [0.4, 0.5) is 0 Å². The Labute approximate surface area is 138 Å². The number of hydrogen-bond donors (Lipinski definition) is 0. The quantitative estimate of drug-likeness (QED) is 0.773. The summed E-state index contributed by atoms with van der Waals surface area (Å²) in [4.78, 5) is 21.5. The molecule has 0 saturated carbocycles. The third-order valence-corrected chi connectivity index (χ3v) is 5.42. The number of nitrogens with zero attached hydrogens (tertiary/aromatic N) is 3. The van der Waals surface area contributed by atoms with Crippen molar-refractivity contribution in [1.29, 1.82) is 0 Å². The van der Waals surface area contributed by atoms with Gasteiger partial charge in [0.2, 0.25) is 5.91 Å². The number of carbonyl (C=O) groups is 1. The Morgan fingerprint density at radius 3 is 2.59 bits per heavy atom. The summed E-state index contributed by atoms with van der Waals surface area (Å²) in [5.74, 6) is 0.575.